The maximum Gasteiger partial charge on any atom is 0.312 e. The van der Waals surface area contributed by atoms with Crippen LogP contribution in [0.4, 0.5) is 0 Å². The summed E-state index contributed by atoms with van der Waals surface area (Å²) in [5.41, 5.74) is 1.20. The lowest BCUT2D eigenvalue weighted by molar-refractivity contribution is -0.145. The Bertz CT molecular complexity index is 393. The molecule has 0 radical (unpaired) electrons. The lowest BCUT2D eigenvalue weighted by Crippen LogP contribution is -2.41. The Morgan fingerprint density at radius 2 is 2.11 bits per heavy atom. The standard InChI is InChI=1S/C14H19NO3/c1-10(11-6-4-3-5-7-11)15-13-9-18-8-12(13)14(16)17-2/h3-7,10,12-13,15H,8-9H2,1-2H3/t10-,12-,13+/m1/s1. The average Bonchev–Trinajstić information content (AvgIpc) is 2.87. The number of ether oxygens (including phenoxy) is 2. The Morgan fingerprint density at radius 3 is 2.78 bits per heavy atom. The molecule has 1 saturated heterocycles. The topological polar surface area (TPSA) is 47.6 Å². The van der Waals surface area contributed by atoms with E-state index in [4.69, 9.17) is 9.47 Å². The van der Waals surface area contributed by atoms with Crippen LogP contribution in [0, 0.1) is 5.92 Å². The molecule has 1 aromatic carbocycles. The number of benzene rings is 1. The molecule has 4 nitrogen and oxygen atoms in total. The summed E-state index contributed by atoms with van der Waals surface area (Å²) in [6.45, 7) is 3.07. The summed E-state index contributed by atoms with van der Waals surface area (Å²) in [7, 11) is 1.42. The highest BCUT2D eigenvalue weighted by atomic mass is 16.5. The van der Waals surface area contributed by atoms with Crippen molar-refractivity contribution in [2.45, 2.75) is 19.0 Å². The molecule has 0 bridgehead atoms. The van der Waals surface area contributed by atoms with Gasteiger partial charge in [0.25, 0.3) is 0 Å². The first-order valence-corrected chi connectivity index (χ1v) is 6.19. The van der Waals surface area contributed by atoms with Crippen molar-refractivity contribution in [3.8, 4) is 0 Å². The molecule has 0 saturated carbocycles. The molecule has 0 spiro atoms. The SMILES string of the molecule is COC(=O)[C@@H]1COC[C@@H]1N[C@H](C)c1ccccc1. The van der Waals surface area contributed by atoms with E-state index in [-0.39, 0.29) is 24.0 Å². The molecule has 18 heavy (non-hydrogen) atoms. The third kappa shape index (κ3) is 2.89. The van der Waals surface area contributed by atoms with Gasteiger partial charge in [-0.3, -0.25) is 4.79 Å². The monoisotopic (exact) mass is 249 g/mol. The van der Waals surface area contributed by atoms with Crippen molar-refractivity contribution >= 4 is 5.97 Å². The molecule has 0 aromatic heterocycles. The van der Waals surface area contributed by atoms with E-state index < -0.39 is 0 Å². The number of carbonyl (C=O) groups excluding carboxylic acids is 1. The summed E-state index contributed by atoms with van der Waals surface area (Å²) >= 11 is 0. The smallest absolute Gasteiger partial charge is 0.312 e. The molecule has 98 valence electrons. The molecule has 0 amide bonds. The number of rotatable bonds is 4. The van der Waals surface area contributed by atoms with Gasteiger partial charge in [0.1, 0.15) is 0 Å². The largest absolute Gasteiger partial charge is 0.469 e. The van der Waals surface area contributed by atoms with Gasteiger partial charge in [0.2, 0.25) is 0 Å². The minimum absolute atomic E-state index is 0.0210. The first-order chi connectivity index (χ1) is 8.72. The van der Waals surface area contributed by atoms with Gasteiger partial charge in [0, 0.05) is 12.1 Å². The van der Waals surface area contributed by atoms with Crippen LogP contribution in [0.5, 0.6) is 0 Å². The Balaban J connectivity index is 1.98. The van der Waals surface area contributed by atoms with Crippen LogP contribution in [0.1, 0.15) is 18.5 Å². The van der Waals surface area contributed by atoms with Crippen molar-refractivity contribution in [1.29, 1.82) is 0 Å². The quantitative estimate of drug-likeness (QED) is 0.822. The van der Waals surface area contributed by atoms with Crippen molar-refractivity contribution in [2.24, 2.45) is 5.92 Å². The van der Waals surface area contributed by atoms with Gasteiger partial charge in [-0.15, -0.1) is 0 Å². The third-order valence-corrected chi connectivity index (χ3v) is 3.35. The predicted molar refractivity (Wildman–Crippen MR) is 68.1 cm³/mol. The second kappa shape index (κ2) is 5.98. The van der Waals surface area contributed by atoms with E-state index in [2.05, 4.69) is 24.4 Å². The molecule has 1 aliphatic rings. The normalized spacial score (nSPS) is 24.8. The van der Waals surface area contributed by atoms with Crippen LogP contribution >= 0.6 is 0 Å². The van der Waals surface area contributed by atoms with E-state index >= 15 is 0 Å². The van der Waals surface area contributed by atoms with Crippen LogP contribution in [-0.4, -0.2) is 32.3 Å². The first kappa shape index (κ1) is 13.1. The van der Waals surface area contributed by atoms with Crippen LogP contribution in [-0.2, 0) is 14.3 Å². The lowest BCUT2D eigenvalue weighted by Gasteiger charge is -2.22. The molecule has 0 unspecified atom stereocenters. The van der Waals surface area contributed by atoms with Crippen molar-refractivity contribution < 1.29 is 14.3 Å². The van der Waals surface area contributed by atoms with E-state index in [1.54, 1.807) is 0 Å². The van der Waals surface area contributed by atoms with Crippen molar-refractivity contribution in [1.82, 2.24) is 5.32 Å². The van der Waals surface area contributed by atoms with Gasteiger partial charge < -0.3 is 14.8 Å². The molecule has 2 rings (SSSR count). The van der Waals surface area contributed by atoms with Crippen LogP contribution in [0.3, 0.4) is 0 Å². The van der Waals surface area contributed by atoms with Crippen molar-refractivity contribution in [3.05, 3.63) is 35.9 Å². The predicted octanol–water partition coefficient (Wildman–Crippen LogP) is 1.53. The van der Waals surface area contributed by atoms with Gasteiger partial charge >= 0.3 is 5.97 Å². The minimum Gasteiger partial charge on any atom is -0.469 e. The molecule has 0 aliphatic carbocycles. The second-order valence-electron chi connectivity index (χ2n) is 4.57. The van der Waals surface area contributed by atoms with E-state index in [1.165, 1.54) is 12.7 Å². The maximum absolute atomic E-state index is 11.6. The summed E-state index contributed by atoms with van der Waals surface area (Å²) < 4.78 is 10.2. The summed E-state index contributed by atoms with van der Waals surface area (Å²) in [5, 5.41) is 3.43. The average molecular weight is 249 g/mol. The molecule has 4 heteroatoms. The van der Waals surface area contributed by atoms with Crippen LogP contribution in [0.25, 0.3) is 0 Å². The number of methoxy groups -OCH3 is 1. The van der Waals surface area contributed by atoms with E-state index in [1.807, 2.05) is 18.2 Å². The number of hydrogen-bond donors (Lipinski definition) is 1. The van der Waals surface area contributed by atoms with E-state index in [0.29, 0.717) is 13.2 Å². The molecular formula is C14H19NO3. The minimum atomic E-state index is -0.207. The fourth-order valence-corrected chi connectivity index (χ4v) is 2.26. The van der Waals surface area contributed by atoms with Crippen LogP contribution in [0.15, 0.2) is 30.3 Å². The Hall–Kier alpha value is -1.39. The fraction of sp³-hybridized carbons (Fsp3) is 0.500. The molecule has 1 aliphatic heterocycles. The molecule has 1 N–H and O–H groups in total. The molecule has 1 fully saturated rings. The summed E-state index contributed by atoms with van der Waals surface area (Å²) in [6.07, 6.45) is 0. The Labute approximate surface area is 107 Å². The number of hydrogen-bond acceptors (Lipinski definition) is 4. The molecule has 1 aromatic rings. The zero-order valence-electron chi connectivity index (χ0n) is 10.8. The van der Waals surface area contributed by atoms with Crippen LogP contribution in [0.2, 0.25) is 0 Å². The van der Waals surface area contributed by atoms with E-state index in [9.17, 15) is 4.79 Å². The van der Waals surface area contributed by atoms with Gasteiger partial charge in [-0.1, -0.05) is 30.3 Å². The fourth-order valence-electron chi connectivity index (χ4n) is 2.26. The summed E-state index contributed by atoms with van der Waals surface area (Å²) in [5.74, 6) is -0.411. The third-order valence-electron chi connectivity index (χ3n) is 3.35. The summed E-state index contributed by atoms with van der Waals surface area (Å²) in [6, 6.07) is 10.4. The van der Waals surface area contributed by atoms with Crippen LogP contribution < -0.4 is 5.32 Å². The van der Waals surface area contributed by atoms with E-state index in [0.717, 1.165) is 0 Å². The summed E-state index contributed by atoms with van der Waals surface area (Å²) in [4.78, 5) is 11.6. The van der Waals surface area contributed by atoms with Gasteiger partial charge in [0.15, 0.2) is 0 Å². The second-order valence-corrected chi connectivity index (χ2v) is 4.57. The molecule has 1 heterocycles. The highest BCUT2D eigenvalue weighted by molar-refractivity contribution is 5.73. The zero-order valence-corrected chi connectivity index (χ0v) is 10.8. The molecule has 3 atom stereocenters. The van der Waals surface area contributed by atoms with Gasteiger partial charge in [-0.05, 0) is 12.5 Å². The Morgan fingerprint density at radius 1 is 1.39 bits per heavy atom. The highest BCUT2D eigenvalue weighted by Gasteiger charge is 2.35. The highest BCUT2D eigenvalue weighted by Crippen LogP contribution is 2.20. The van der Waals surface area contributed by atoms with Crippen molar-refractivity contribution in [3.63, 3.8) is 0 Å². The maximum atomic E-state index is 11.6. The number of nitrogens with one attached hydrogen (secondary N) is 1. The Kier molecular flexibility index (Phi) is 4.33. The number of carbonyl (C=O) groups is 1. The van der Waals surface area contributed by atoms with Gasteiger partial charge in [0.05, 0.1) is 26.2 Å². The lowest BCUT2D eigenvalue weighted by atomic mass is 10.0. The molecular weight excluding hydrogens is 230 g/mol. The van der Waals surface area contributed by atoms with Gasteiger partial charge in [-0.25, -0.2) is 0 Å². The first-order valence-electron chi connectivity index (χ1n) is 6.19. The van der Waals surface area contributed by atoms with Gasteiger partial charge in [-0.2, -0.15) is 0 Å². The van der Waals surface area contributed by atoms with Crippen molar-refractivity contribution in [2.75, 3.05) is 20.3 Å². The zero-order chi connectivity index (χ0) is 13.0. The number of esters is 1.